The van der Waals surface area contributed by atoms with Crippen LogP contribution in [-0.4, -0.2) is 56.5 Å². The molecule has 1 rings (SSSR count). The molecule has 0 radical (unpaired) electrons. The van der Waals surface area contributed by atoms with Crippen molar-refractivity contribution in [2.24, 2.45) is 5.73 Å². The van der Waals surface area contributed by atoms with Crippen molar-refractivity contribution in [3.05, 3.63) is 0 Å². The van der Waals surface area contributed by atoms with Gasteiger partial charge in [0.1, 0.15) is 0 Å². The van der Waals surface area contributed by atoms with Gasteiger partial charge < -0.3 is 15.2 Å². The van der Waals surface area contributed by atoms with E-state index in [4.69, 9.17) is 15.2 Å². The average molecular weight is 230 g/mol. The Kier molecular flexibility index (Phi) is 5.69. The van der Waals surface area contributed by atoms with E-state index >= 15 is 0 Å². The maximum atomic E-state index is 6.13. The van der Waals surface area contributed by atoms with Gasteiger partial charge in [-0.15, -0.1) is 0 Å². The Hall–Kier alpha value is -0.160. The number of hydrogen-bond acceptors (Lipinski definition) is 4. The van der Waals surface area contributed by atoms with Gasteiger partial charge in [0.15, 0.2) is 0 Å². The Morgan fingerprint density at radius 1 is 1.50 bits per heavy atom. The van der Waals surface area contributed by atoms with Crippen LogP contribution in [-0.2, 0) is 9.47 Å². The van der Waals surface area contributed by atoms with Gasteiger partial charge in [-0.25, -0.2) is 0 Å². The van der Waals surface area contributed by atoms with E-state index in [2.05, 4.69) is 18.7 Å². The summed E-state index contributed by atoms with van der Waals surface area (Å²) in [6.07, 6.45) is 2.07. The van der Waals surface area contributed by atoms with Gasteiger partial charge in [0, 0.05) is 38.4 Å². The summed E-state index contributed by atoms with van der Waals surface area (Å²) < 4.78 is 10.5. The molecule has 0 saturated carbocycles. The van der Waals surface area contributed by atoms with E-state index in [1.807, 2.05) is 0 Å². The Morgan fingerprint density at radius 2 is 2.25 bits per heavy atom. The van der Waals surface area contributed by atoms with Crippen molar-refractivity contribution in [2.75, 3.05) is 40.0 Å². The summed E-state index contributed by atoms with van der Waals surface area (Å²) in [7, 11) is 1.73. The molecule has 16 heavy (non-hydrogen) atoms. The van der Waals surface area contributed by atoms with Crippen molar-refractivity contribution in [2.45, 2.75) is 38.3 Å². The molecule has 2 N–H and O–H groups in total. The van der Waals surface area contributed by atoms with Crippen LogP contribution in [0.25, 0.3) is 0 Å². The Bertz CT molecular complexity index is 197. The monoisotopic (exact) mass is 230 g/mol. The van der Waals surface area contributed by atoms with Crippen LogP contribution < -0.4 is 5.73 Å². The van der Waals surface area contributed by atoms with Crippen LogP contribution >= 0.6 is 0 Å². The molecular weight excluding hydrogens is 204 g/mol. The quantitative estimate of drug-likeness (QED) is 0.687. The molecule has 1 aliphatic heterocycles. The molecule has 0 aromatic carbocycles. The van der Waals surface area contributed by atoms with Gasteiger partial charge in [-0.1, -0.05) is 0 Å². The molecule has 1 heterocycles. The summed E-state index contributed by atoms with van der Waals surface area (Å²) in [5, 5.41) is 0. The van der Waals surface area contributed by atoms with Gasteiger partial charge in [-0.3, -0.25) is 4.90 Å². The maximum Gasteiger partial charge on any atom is 0.0645 e. The molecule has 1 atom stereocenters. The molecule has 1 aliphatic rings. The van der Waals surface area contributed by atoms with Crippen molar-refractivity contribution in [1.29, 1.82) is 0 Å². The molecule has 0 aliphatic carbocycles. The zero-order chi connectivity index (χ0) is 12.0. The summed E-state index contributed by atoms with van der Waals surface area (Å²) in [5.41, 5.74) is 6.25. The van der Waals surface area contributed by atoms with Crippen LogP contribution in [0.3, 0.4) is 0 Å². The second-order valence-corrected chi connectivity index (χ2v) is 5.21. The molecule has 4 heteroatoms. The van der Waals surface area contributed by atoms with Gasteiger partial charge >= 0.3 is 0 Å². The van der Waals surface area contributed by atoms with E-state index in [1.54, 1.807) is 7.11 Å². The van der Waals surface area contributed by atoms with Crippen LogP contribution in [0, 0.1) is 0 Å². The minimum atomic E-state index is 0.122. The number of hydrogen-bond donors (Lipinski definition) is 1. The van der Waals surface area contributed by atoms with Crippen molar-refractivity contribution >= 4 is 0 Å². The van der Waals surface area contributed by atoms with Crippen LogP contribution in [0.5, 0.6) is 0 Å². The van der Waals surface area contributed by atoms with Crippen LogP contribution in [0.4, 0.5) is 0 Å². The van der Waals surface area contributed by atoms with Gasteiger partial charge in [-0.2, -0.15) is 0 Å². The van der Waals surface area contributed by atoms with Crippen molar-refractivity contribution in [1.82, 2.24) is 4.90 Å². The first-order valence-electron chi connectivity index (χ1n) is 6.13. The number of nitrogens with zero attached hydrogens (tertiary/aromatic N) is 1. The summed E-state index contributed by atoms with van der Waals surface area (Å²) in [6, 6.07) is 0.243. The second kappa shape index (κ2) is 6.55. The highest BCUT2D eigenvalue weighted by molar-refractivity contribution is 4.86. The third kappa shape index (κ3) is 4.37. The minimum absolute atomic E-state index is 0.122. The van der Waals surface area contributed by atoms with Crippen LogP contribution in [0.15, 0.2) is 0 Å². The molecule has 0 spiro atoms. The molecule has 0 bridgehead atoms. The number of morpholine rings is 1. The molecule has 4 nitrogen and oxygen atoms in total. The van der Waals surface area contributed by atoms with E-state index in [9.17, 15) is 0 Å². The molecular formula is C12H26N2O2. The number of nitrogens with two attached hydrogens (primary N) is 1. The maximum absolute atomic E-state index is 6.13. The van der Waals surface area contributed by atoms with Gasteiger partial charge in [0.05, 0.1) is 13.2 Å². The Balaban J connectivity index is 2.28. The third-order valence-corrected chi connectivity index (χ3v) is 3.20. The first-order chi connectivity index (χ1) is 7.56. The highest BCUT2D eigenvalue weighted by Crippen LogP contribution is 2.19. The normalized spacial score (nSPS) is 23.2. The van der Waals surface area contributed by atoms with Crippen LogP contribution in [0.2, 0.25) is 0 Å². The smallest absolute Gasteiger partial charge is 0.0645 e. The fourth-order valence-electron chi connectivity index (χ4n) is 2.09. The first-order valence-corrected chi connectivity index (χ1v) is 6.13. The lowest BCUT2D eigenvalue weighted by Gasteiger charge is -2.43. The summed E-state index contributed by atoms with van der Waals surface area (Å²) >= 11 is 0. The summed E-state index contributed by atoms with van der Waals surface area (Å²) in [5.74, 6) is 0. The van der Waals surface area contributed by atoms with Gasteiger partial charge in [-0.05, 0) is 26.7 Å². The Labute approximate surface area is 99.1 Å². The highest BCUT2D eigenvalue weighted by Gasteiger charge is 2.31. The zero-order valence-corrected chi connectivity index (χ0v) is 10.9. The van der Waals surface area contributed by atoms with E-state index in [1.165, 1.54) is 0 Å². The van der Waals surface area contributed by atoms with E-state index < -0.39 is 0 Å². The van der Waals surface area contributed by atoms with E-state index in [0.717, 1.165) is 45.8 Å². The molecule has 0 amide bonds. The topological polar surface area (TPSA) is 47.7 Å². The van der Waals surface area contributed by atoms with Crippen molar-refractivity contribution < 1.29 is 9.47 Å². The fraction of sp³-hybridized carbons (Fsp3) is 1.00. The molecule has 96 valence electrons. The minimum Gasteiger partial charge on any atom is -0.385 e. The second-order valence-electron chi connectivity index (χ2n) is 5.21. The average Bonchev–Trinajstić information content (AvgIpc) is 2.21. The van der Waals surface area contributed by atoms with Gasteiger partial charge in [0.25, 0.3) is 0 Å². The van der Waals surface area contributed by atoms with E-state index in [-0.39, 0.29) is 11.6 Å². The standard InChI is InChI=1S/C12H26N2O2/c1-12(2)10-16-8-6-14(12)9-11(13)5-4-7-15-3/h11H,4-10,13H2,1-3H3. The van der Waals surface area contributed by atoms with Crippen molar-refractivity contribution in [3.63, 3.8) is 0 Å². The van der Waals surface area contributed by atoms with Gasteiger partial charge in [0.2, 0.25) is 0 Å². The Morgan fingerprint density at radius 3 is 2.88 bits per heavy atom. The molecule has 0 aromatic rings. The van der Waals surface area contributed by atoms with Crippen molar-refractivity contribution in [3.8, 4) is 0 Å². The predicted octanol–water partition coefficient (Wildman–Crippen LogP) is 0.851. The molecule has 1 unspecified atom stereocenters. The summed E-state index contributed by atoms with van der Waals surface area (Å²) in [6.45, 7) is 8.82. The van der Waals surface area contributed by atoms with E-state index in [0.29, 0.717) is 0 Å². The van der Waals surface area contributed by atoms with Crippen LogP contribution in [0.1, 0.15) is 26.7 Å². The number of methoxy groups -OCH3 is 1. The SMILES string of the molecule is COCCCC(N)CN1CCOCC1(C)C. The lowest BCUT2D eigenvalue weighted by Crippen LogP contribution is -2.56. The predicted molar refractivity (Wildman–Crippen MR) is 65.6 cm³/mol. The molecule has 1 fully saturated rings. The zero-order valence-electron chi connectivity index (χ0n) is 10.9. The lowest BCUT2D eigenvalue weighted by atomic mass is 10.0. The summed E-state index contributed by atoms with van der Waals surface area (Å²) in [4.78, 5) is 2.44. The fourth-order valence-corrected chi connectivity index (χ4v) is 2.09. The largest absolute Gasteiger partial charge is 0.385 e. The lowest BCUT2D eigenvalue weighted by molar-refractivity contribution is -0.0534. The molecule has 0 aromatic heterocycles. The highest BCUT2D eigenvalue weighted by atomic mass is 16.5. The number of ether oxygens (including phenoxy) is 2. The third-order valence-electron chi connectivity index (χ3n) is 3.20. The number of rotatable bonds is 6. The first kappa shape index (κ1) is 13.9. The molecule has 1 saturated heterocycles.